The Hall–Kier alpha value is -3.50. The molecule has 2 unspecified atom stereocenters. The highest BCUT2D eigenvalue weighted by atomic mass is 32.2. The molecule has 0 saturated carbocycles. The van der Waals surface area contributed by atoms with Gasteiger partial charge in [-0.3, -0.25) is 5.10 Å². The summed E-state index contributed by atoms with van der Waals surface area (Å²) in [5.74, 6) is -0.350. The summed E-state index contributed by atoms with van der Waals surface area (Å²) in [5, 5.41) is 7.10. The summed E-state index contributed by atoms with van der Waals surface area (Å²) in [4.78, 5) is -0.199. The van der Waals surface area contributed by atoms with Gasteiger partial charge in [-0.15, -0.1) is 0 Å². The van der Waals surface area contributed by atoms with Gasteiger partial charge in [-0.05, 0) is 65.1 Å². The Bertz CT molecular complexity index is 1560. The van der Waals surface area contributed by atoms with E-state index < -0.39 is 33.8 Å². The molecule has 3 aromatic carbocycles. The fourth-order valence-corrected chi connectivity index (χ4v) is 7.14. The first-order chi connectivity index (χ1) is 17.1. The number of benzene rings is 3. The zero-order chi connectivity index (χ0) is 25.2. The highest BCUT2D eigenvalue weighted by Crippen LogP contribution is 2.51. The largest absolute Gasteiger partial charge is 0.416 e. The standard InChI is InChI=1S/C26H19F4N3O2S/c27-17-8-4-15(5-9-17)19-2-1-3-20-21(19)12-24-22-14-31-32-23(22)13-25(20)33(24)36(34,35)18-10-6-16(7-11-18)26(28,29)30/h1-11,14,24-25H,12-13H2,(H,31,32). The molecule has 1 aromatic heterocycles. The van der Waals surface area contributed by atoms with Crippen LogP contribution in [0.5, 0.6) is 0 Å². The van der Waals surface area contributed by atoms with E-state index in [0.29, 0.717) is 12.8 Å². The lowest BCUT2D eigenvalue weighted by Gasteiger charge is -2.45. The Balaban J connectivity index is 1.49. The third kappa shape index (κ3) is 3.55. The van der Waals surface area contributed by atoms with Crippen molar-refractivity contribution < 1.29 is 26.0 Å². The molecule has 2 bridgehead atoms. The van der Waals surface area contributed by atoms with E-state index in [0.717, 1.165) is 57.8 Å². The zero-order valence-corrected chi connectivity index (χ0v) is 19.4. The molecule has 0 amide bonds. The Morgan fingerprint density at radius 1 is 0.889 bits per heavy atom. The first-order valence-electron chi connectivity index (χ1n) is 11.3. The maximum absolute atomic E-state index is 13.9. The average molecular weight is 514 g/mol. The number of aromatic nitrogens is 2. The van der Waals surface area contributed by atoms with Crippen LogP contribution in [0, 0.1) is 5.82 Å². The van der Waals surface area contributed by atoms with Crippen molar-refractivity contribution in [3.8, 4) is 11.1 Å². The molecule has 0 radical (unpaired) electrons. The minimum absolute atomic E-state index is 0.199. The van der Waals surface area contributed by atoms with Gasteiger partial charge >= 0.3 is 6.18 Å². The topological polar surface area (TPSA) is 66.1 Å². The van der Waals surface area contributed by atoms with Crippen molar-refractivity contribution in [1.29, 1.82) is 0 Å². The van der Waals surface area contributed by atoms with Gasteiger partial charge in [0.25, 0.3) is 0 Å². The molecule has 6 rings (SSSR count). The number of hydrogen-bond acceptors (Lipinski definition) is 3. The van der Waals surface area contributed by atoms with Crippen LogP contribution in [0.3, 0.4) is 0 Å². The maximum atomic E-state index is 13.9. The van der Waals surface area contributed by atoms with Gasteiger partial charge < -0.3 is 0 Å². The third-order valence-electron chi connectivity index (χ3n) is 7.00. The van der Waals surface area contributed by atoms with Crippen LogP contribution < -0.4 is 0 Å². The quantitative estimate of drug-likeness (QED) is 0.351. The number of sulfonamides is 1. The van der Waals surface area contributed by atoms with Gasteiger partial charge in [0.15, 0.2) is 0 Å². The van der Waals surface area contributed by atoms with Crippen LogP contribution in [-0.2, 0) is 29.0 Å². The Morgan fingerprint density at radius 3 is 2.28 bits per heavy atom. The van der Waals surface area contributed by atoms with Crippen molar-refractivity contribution in [1.82, 2.24) is 14.5 Å². The molecule has 1 N–H and O–H groups in total. The highest BCUT2D eigenvalue weighted by Gasteiger charge is 2.48. The minimum atomic E-state index is -4.56. The van der Waals surface area contributed by atoms with Crippen LogP contribution in [0.2, 0.25) is 0 Å². The number of rotatable bonds is 3. The number of nitrogens with one attached hydrogen (secondary N) is 1. The summed E-state index contributed by atoms with van der Waals surface area (Å²) in [6, 6.07) is 14.2. The summed E-state index contributed by atoms with van der Waals surface area (Å²) in [7, 11) is -4.16. The van der Waals surface area contributed by atoms with Gasteiger partial charge in [0.05, 0.1) is 28.7 Å². The molecule has 2 aliphatic rings. The fourth-order valence-electron chi connectivity index (χ4n) is 5.37. The number of fused-ring (bicyclic) bond motifs is 6. The molecule has 2 atom stereocenters. The molecular formula is C26H19F4N3O2S. The normalized spacial score (nSPS) is 19.6. The van der Waals surface area contributed by atoms with Crippen molar-refractivity contribution >= 4 is 10.0 Å². The van der Waals surface area contributed by atoms with E-state index in [4.69, 9.17) is 0 Å². The van der Waals surface area contributed by atoms with Crippen molar-refractivity contribution in [2.75, 3.05) is 0 Å². The van der Waals surface area contributed by atoms with E-state index in [2.05, 4.69) is 10.2 Å². The fraction of sp³-hybridized carbons (Fsp3) is 0.192. The summed E-state index contributed by atoms with van der Waals surface area (Å²) in [6.45, 7) is 0. The molecule has 184 valence electrons. The molecule has 10 heteroatoms. The van der Waals surface area contributed by atoms with Crippen LogP contribution in [0.1, 0.15) is 40.0 Å². The van der Waals surface area contributed by atoms with E-state index in [1.807, 2.05) is 18.2 Å². The Labute approximate surface area is 204 Å². The average Bonchev–Trinajstić information content (AvgIpc) is 3.32. The number of aromatic amines is 1. The SMILES string of the molecule is O=S(=O)(c1ccc(C(F)(F)F)cc1)N1C2Cc3c(-c4ccc(F)cc4)cccc3C1Cc1[nH]ncc12. The van der Waals surface area contributed by atoms with E-state index in [-0.39, 0.29) is 10.7 Å². The lowest BCUT2D eigenvalue weighted by molar-refractivity contribution is -0.137. The summed E-state index contributed by atoms with van der Waals surface area (Å²) in [5.41, 5.74) is 4.14. The van der Waals surface area contributed by atoms with Crippen LogP contribution >= 0.6 is 0 Å². The van der Waals surface area contributed by atoms with E-state index in [1.165, 1.54) is 16.4 Å². The lowest BCUT2D eigenvalue weighted by Crippen LogP contribution is -2.46. The van der Waals surface area contributed by atoms with E-state index in [1.54, 1.807) is 18.3 Å². The van der Waals surface area contributed by atoms with Crippen molar-refractivity contribution in [3.63, 3.8) is 0 Å². The zero-order valence-electron chi connectivity index (χ0n) is 18.6. The van der Waals surface area contributed by atoms with Gasteiger partial charge in [0.2, 0.25) is 10.0 Å². The minimum Gasteiger partial charge on any atom is -0.282 e. The van der Waals surface area contributed by atoms with Gasteiger partial charge in [-0.25, -0.2) is 12.8 Å². The smallest absolute Gasteiger partial charge is 0.282 e. The van der Waals surface area contributed by atoms with Crippen LogP contribution in [0.15, 0.2) is 77.8 Å². The van der Waals surface area contributed by atoms with Gasteiger partial charge in [-0.1, -0.05) is 30.3 Å². The van der Waals surface area contributed by atoms with Crippen molar-refractivity contribution in [2.45, 2.75) is 36.0 Å². The Morgan fingerprint density at radius 2 is 1.58 bits per heavy atom. The molecule has 3 heterocycles. The Kier molecular flexibility index (Phi) is 5.10. The molecule has 2 aliphatic heterocycles. The highest BCUT2D eigenvalue weighted by molar-refractivity contribution is 7.89. The first-order valence-corrected chi connectivity index (χ1v) is 12.7. The number of halogens is 4. The van der Waals surface area contributed by atoms with Crippen LogP contribution in [-0.4, -0.2) is 22.9 Å². The van der Waals surface area contributed by atoms with E-state index in [9.17, 15) is 26.0 Å². The predicted molar refractivity (Wildman–Crippen MR) is 124 cm³/mol. The molecule has 0 fully saturated rings. The molecule has 0 spiro atoms. The first kappa shape index (κ1) is 22.9. The second-order valence-electron chi connectivity index (χ2n) is 8.98. The van der Waals surface area contributed by atoms with Crippen molar-refractivity contribution in [3.05, 3.63) is 107 Å². The molecule has 0 aliphatic carbocycles. The molecule has 0 saturated heterocycles. The summed E-state index contributed by atoms with van der Waals surface area (Å²) < 4.78 is 81.9. The number of hydrogen-bond donors (Lipinski definition) is 1. The number of alkyl halides is 3. The number of H-pyrrole nitrogens is 1. The van der Waals surface area contributed by atoms with Crippen molar-refractivity contribution in [2.24, 2.45) is 0 Å². The maximum Gasteiger partial charge on any atom is 0.416 e. The summed E-state index contributed by atoms with van der Waals surface area (Å²) >= 11 is 0. The monoisotopic (exact) mass is 513 g/mol. The van der Waals surface area contributed by atoms with E-state index >= 15 is 0 Å². The third-order valence-corrected chi connectivity index (χ3v) is 8.94. The van der Waals surface area contributed by atoms with Gasteiger partial charge in [0, 0.05) is 17.7 Å². The summed E-state index contributed by atoms with van der Waals surface area (Å²) in [6.07, 6.45) is -2.28. The van der Waals surface area contributed by atoms with Crippen LogP contribution in [0.25, 0.3) is 11.1 Å². The second kappa shape index (κ2) is 8.01. The van der Waals surface area contributed by atoms with Gasteiger partial charge in [0.1, 0.15) is 5.82 Å². The molecule has 5 nitrogen and oxygen atoms in total. The second-order valence-corrected chi connectivity index (χ2v) is 10.8. The molecular weight excluding hydrogens is 494 g/mol. The molecule has 4 aromatic rings. The predicted octanol–water partition coefficient (Wildman–Crippen LogP) is 5.82. The van der Waals surface area contributed by atoms with Gasteiger partial charge in [-0.2, -0.15) is 22.6 Å². The lowest BCUT2D eigenvalue weighted by atomic mass is 9.78. The number of nitrogens with zero attached hydrogens (tertiary/aromatic N) is 2. The molecule has 36 heavy (non-hydrogen) atoms. The van der Waals surface area contributed by atoms with Crippen LogP contribution in [0.4, 0.5) is 17.6 Å².